The van der Waals surface area contributed by atoms with Crippen molar-refractivity contribution >= 4 is 40.9 Å². The zero-order valence-corrected chi connectivity index (χ0v) is 16.4. The summed E-state index contributed by atoms with van der Waals surface area (Å²) < 4.78 is 2.17. The third kappa shape index (κ3) is 3.41. The predicted molar refractivity (Wildman–Crippen MR) is 103 cm³/mol. The highest BCUT2D eigenvalue weighted by molar-refractivity contribution is 6.46. The molecule has 0 radical (unpaired) electrons. The molecule has 1 aromatic heterocycles. The molecule has 1 aliphatic heterocycles. The Morgan fingerprint density at radius 3 is 2.42 bits per heavy atom. The molecular formula is C19H19Cl2N3O2. The van der Waals surface area contributed by atoms with Gasteiger partial charge >= 0.3 is 6.03 Å². The predicted octanol–water partition coefficient (Wildman–Crippen LogP) is 4.58. The van der Waals surface area contributed by atoms with Crippen molar-refractivity contribution < 1.29 is 9.59 Å². The van der Waals surface area contributed by atoms with E-state index in [-0.39, 0.29) is 18.2 Å². The molecule has 0 saturated carbocycles. The Bertz CT molecular complexity index is 931. The molecule has 7 heteroatoms. The van der Waals surface area contributed by atoms with E-state index in [4.69, 9.17) is 23.2 Å². The van der Waals surface area contributed by atoms with Crippen molar-refractivity contribution in [3.8, 4) is 0 Å². The fraction of sp³-hybridized carbons (Fsp3) is 0.316. The van der Waals surface area contributed by atoms with Gasteiger partial charge in [0.2, 0.25) is 0 Å². The summed E-state index contributed by atoms with van der Waals surface area (Å²) in [6.07, 6.45) is 0.342. The molecule has 1 aliphatic rings. The number of imide groups is 1. The van der Waals surface area contributed by atoms with Gasteiger partial charge in [-0.1, -0.05) is 29.3 Å². The number of rotatable bonds is 5. The van der Waals surface area contributed by atoms with Crippen LogP contribution in [0.15, 0.2) is 29.3 Å². The molecule has 0 spiro atoms. The second-order valence-corrected chi connectivity index (χ2v) is 7.13. The second-order valence-electron chi connectivity index (χ2n) is 6.29. The summed E-state index contributed by atoms with van der Waals surface area (Å²) in [5, 5.41) is 0.916. The van der Waals surface area contributed by atoms with Crippen LogP contribution in [0.1, 0.15) is 29.4 Å². The zero-order valence-electron chi connectivity index (χ0n) is 14.8. The fourth-order valence-electron chi connectivity index (χ4n) is 3.26. The summed E-state index contributed by atoms with van der Waals surface area (Å²) in [6, 6.07) is 6.45. The largest absolute Gasteiger partial charge is 0.351 e. The van der Waals surface area contributed by atoms with Crippen LogP contribution in [0.2, 0.25) is 10.0 Å². The van der Waals surface area contributed by atoms with Crippen molar-refractivity contribution in [1.29, 1.82) is 0 Å². The number of halogens is 2. The van der Waals surface area contributed by atoms with Gasteiger partial charge in [0, 0.05) is 34.4 Å². The maximum absolute atomic E-state index is 12.7. The van der Waals surface area contributed by atoms with Gasteiger partial charge in [-0.2, -0.15) is 4.99 Å². The van der Waals surface area contributed by atoms with E-state index in [1.807, 2.05) is 19.9 Å². The lowest BCUT2D eigenvalue weighted by Gasteiger charge is -2.14. The van der Waals surface area contributed by atoms with Crippen molar-refractivity contribution in [3.05, 3.63) is 56.8 Å². The van der Waals surface area contributed by atoms with Gasteiger partial charge < -0.3 is 4.57 Å². The number of aliphatic imine (C=N–C) groups is 1. The van der Waals surface area contributed by atoms with Gasteiger partial charge in [-0.05, 0) is 50.1 Å². The summed E-state index contributed by atoms with van der Waals surface area (Å²) in [4.78, 5) is 30.0. The summed E-state index contributed by atoms with van der Waals surface area (Å²) in [5.41, 5.74) is 4.14. The molecule has 2 heterocycles. The van der Waals surface area contributed by atoms with Gasteiger partial charge in [0.1, 0.15) is 5.71 Å². The highest BCUT2D eigenvalue weighted by atomic mass is 35.5. The maximum atomic E-state index is 12.7. The number of urea groups is 1. The van der Waals surface area contributed by atoms with E-state index in [0.29, 0.717) is 22.0 Å². The molecule has 0 fully saturated rings. The first-order chi connectivity index (χ1) is 12.3. The number of nitrogens with zero attached hydrogens (tertiary/aromatic N) is 3. The summed E-state index contributed by atoms with van der Waals surface area (Å²) >= 11 is 12.0. The molecule has 2 aromatic rings. The fourth-order valence-corrected chi connectivity index (χ4v) is 3.73. The van der Waals surface area contributed by atoms with Crippen LogP contribution in [0.3, 0.4) is 0 Å². The Kier molecular flexibility index (Phi) is 5.21. The molecule has 0 N–H and O–H groups in total. The minimum atomic E-state index is -0.555. The van der Waals surface area contributed by atoms with Gasteiger partial charge in [-0.3, -0.25) is 9.69 Å². The monoisotopic (exact) mass is 391 g/mol. The average Bonchev–Trinajstić information content (AvgIpc) is 3.00. The van der Waals surface area contributed by atoms with Crippen molar-refractivity contribution in [1.82, 2.24) is 9.47 Å². The summed E-state index contributed by atoms with van der Waals surface area (Å²) in [6.45, 7) is 7.05. The smallest absolute Gasteiger partial charge is 0.349 e. The SMILES string of the molecule is CCn1c(C)cc(CC2=NC(=O)N(Cc3ccc(Cl)cc3Cl)C2=O)c1C. The Balaban J connectivity index is 1.79. The number of hydrogen-bond donors (Lipinski definition) is 0. The second kappa shape index (κ2) is 7.25. The van der Waals surface area contributed by atoms with Gasteiger partial charge in [-0.25, -0.2) is 4.79 Å². The van der Waals surface area contributed by atoms with Crippen LogP contribution in [0.4, 0.5) is 4.79 Å². The lowest BCUT2D eigenvalue weighted by molar-refractivity contribution is -0.121. The normalized spacial score (nSPS) is 14.3. The van der Waals surface area contributed by atoms with E-state index in [1.165, 1.54) is 0 Å². The van der Waals surface area contributed by atoms with Gasteiger partial charge in [0.05, 0.1) is 6.54 Å². The Morgan fingerprint density at radius 1 is 1.08 bits per heavy atom. The first-order valence-electron chi connectivity index (χ1n) is 8.34. The quantitative estimate of drug-likeness (QED) is 0.748. The van der Waals surface area contributed by atoms with Crippen LogP contribution in [0.25, 0.3) is 0 Å². The number of aryl methyl sites for hydroxylation is 1. The van der Waals surface area contributed by atoms with E-state index in [1.54, 1.807) is 18.2 Å². The molecule has 3 amide bonds. The molecule has 1 aromatic carbocycles. The minimum absolute atomic E-state index is 0.0780. The molecule has 0 unspecified atom stereocenters. The molecule has 136 valence electrons. The highest BCUT2D eigenvalue weighted by Crippen LogP contribution is 2.24. The van der Waals surface area contributed by atoms with E-state index >= 15 is 0 Å². The van der Waals surface area contributed by atoms with Crippen LogP contribution in [-0.2, 0) is 24.3 Å². The Hall–Kier alpha value is -2.11. The van der Waals surface area contributed by atoms with Crippen LogP contribution < -0.4 is 0 Å². The van der Waals surface area contributed by atoms with Crippen LogP contribution in [0, 0.1) is 13.8 Å². The molecule has 0 aliphatic carbocycles. The third-order valence-corrected chi connectivity index (χ3v) is 5.24. The number of carbonyl (C=O) groups is 2. The molecule has 26 heavy (non-hydrogen) atoms. The first kappa shape index (κ1) is 18.7. The number of benzene rings is 1. The van der Waals surface area contributed by atoms with Crippen LogP contribution in [0.5, 0.6) is 0 Å². The van der Waals surface area contributed by atoms with Crippen molar-refractivity contribution in [3.63, 3.8) is 0 Å². The average molecular weight is 392 g/mol. The van der Waals surface area contributed by atoms with Gasteiger partial charge in [0.25, 0.3) is 5.91 Å². The van der Waals surface area contributed by atoms with Crippen LogP contribution in [-0.4, -0.2) is 27.1 Å². The maximum Gasteiger partial charge on any atom is 0.351 e. The first-order valence-corrected chi connectivity index (χ1v) is 9.10. The van der Waals surface area contributed by atoms with Crippen molar-refractivity contribution in [2.75, 3.05) is 0 Å². The van der Waals surface area contributed by atoms with Crippen molar-refractivity contribution in [2.24, 2.45) is 4.99 Å². The number of amides is 3. The third-order valence-electron chi connectivity index (χ3n) is 4.65. The molecule has 0 atom stereocenters. The number of aromatic nitrogens is 1. The lowest BCUT2D eigenvalue weighted by atomic mass is 10.1. The van der Waals surface area contributed by atoms with E-state index in [2.05, 4.69) is 16.5 Å². The van der Waals surface area contributed by atoms with E-state index in [9.17, 15) is 9.59 Å². The molecule has 0 saturated heterocycles. The highest BCUT2D eigenvalue weighted by Gasteiger charge is 2.33. The Morgan fingerprint density at radius 2 is 1.81 bits per heavy atom. The molecule has 0 bridgehead atoms. The zero-order chi connectivity index (χ0) is 19.0. The molecule has 3 rings (SSSR count). The van der Waals surface area contributed by atoms with Gasteiger partial charge in [-0.15, -0.1) is 0 Å². The van der Waals surface area contributed by atoms with Crippen molar-refractivity contribution in [2.45, 2.75) is 40.3 Å². The van der Waals surface area contributed by atoms with E-state index < -0.39 is 6.03 Å². The molecule has 5 nitrogen and oxygen atoms in total. The van der Waals surface area contributed by atoms with Crippen LogP contribution >= 0.6 is 23.2 Å². The minimum Gasteiger partial charge on any atom is -0.349 e. The topological polar surface area (TPSA) is 54.7 Å². The Labute approximate surface area is 162 Å². The number of hydrogen-bond acceptors (Lipinski definition) is 2. The van der Waals surface area contributed by atoms with Gasteiger partial charge in [0.15, 0.2) is 0 Å². The standard InChI is InChI=1S/C19H19Cl2N3O2/c1-4-23-11(2)7-14(12(23)3)8-17-18(25)24(19(26)22-17)10-13-5-6-15(20)9-16(13)21/h5-7,9H,4,8,10H2,1-3H3. The number of carbonyl (C=O) groups excluding carboxylic acids is 2. The summed E-state index contributed by atoms with van der Waals surface area (Å²) in [7, 11) is 0. The van der Waals surface area contributed by atoms with E-state index in [0.717, 1.165) is 28.4 Å². The summed E-state index contributed by atoms with van der Waals surface area (Å²) in [5.74, 6) is -0.373. The molecular weight excluding hydrogens is 373 g/mol. The lowest BCUT2D eigenvalue weighted by Crippen LogP contribution is -2.32.